The zero-order valence-corrected chi connectivity index (χ0v) is 15.1. The van der Waals surface area contributed by atoms with Crippen molar-refractivity contribution >= 4 is 34.6 Å². The first kappa shape index (κ1) is 17.2. The highest BCUT2D eigenvalue weighted by molar-refractivity contribution is 7.11. The summed E-state index contributed by atoms with van der Waals surface area (Å²) in [6.45, 7) is 2.59. The van der Waals surface area contributed by atoms with Gasteiger partial charge >= 0.3 is 0 Å². The van der Waals surface area contributed by atoms with Crippen molar-refractivity contribution in [1.82, 2.24) is 4.98 Å². The van der Waals surface area contributed by atoms with Crippen molar-refractivity contribution in [3.05, 3.63) is 69.5 Å². The summed E-state index contributed by atoms with van der Waals surface area (Å²) in [6.07, 6.45) is 1.80. The number of halogens is 1. The minimum atomic E-state index is 0.518. The normalized spacial score (nSPS) is 11.2. The van der Waals surface area contributed by atoms with Gasteiger partial charge in [0.2, 0.25) is 0 Å². The molecule has 0 bridgehead atoms. The summed E-state index contributed by atoms with van der Waals surface area (Å²) in [5.41, 5.74) is 3.23. The van der Waals surface area contributed by atoms with Crippen LogP contribution in [0.5, 0.6) is 5.75 Å². The summed E-state index contributed by atoms with van der Waals surface area (Å²) in [7, 11) is 0. The Labute approximate surface area is 155 Å². The van der Waals surface area contributed by atoms with Crippen molar-refractivity contribution in [2.45, 2.75) is 6.92 Å². The molecule has 0 spiro atoms. The molecule has 0 aliphatic rings. The first-order valence-corrected chi connectivity index (χ1v) is 9.02. The Kier molecular flexibility index (Phi) is 5.49. The van der Waals surface area contributed by atoms with Gasteiger partial charge in [-0.2, -0.15) is 5.26 Å². The largest absolute Gasteiger partial charge is 0.494 e. The van der Waals surface area contributed by atoms with Crippen LogP contribution < -0.4 is 4.74 Å². The van der Waals surface area contributed by atoms with Crippen molar-refractivity contribution in [2.75, 3.05) is 6.61 Å². The number of ether oxygens (including phenoxy) is 1. The number of thiazole rings is 1. The molecular weight excluding hydrogens is 352 g/mol. The van der Waals surface area contributed by atoms with Gasteiger partial charge in [-0.05, 0) is 55.0 Å². The molecule has 2 aromatic carbocycles. The summed E-state index contributed by atoms with van der Waals surface area (Å²) in [5.74, 6) is 0.834. The summed E-state index contributed by atoms with van der Waals surface area (Å²) < 4.78 is 5.45. The lowest BCUT2D eigenvalue weighted by Gasteiger charge is -2.03. The molecule has 124 valence electrons. The van der Waals surface area contributed by atoms with Crippen LogP contribution in [0.4, 0.5) is 0 Å². The number of allylic oxidation sites excluding steroid dienone is 1. The molecule has 25 heavy (non-hydrogen) atoms. The Morgan fingerprint density at radius 2 is 2.08 bits per heavy atom. The lowest BCUT2D eigenvalue weighted by molar-refractivity contribution is 0.340. The molecule has 0 saturated heterocycles. The third-order valence-electron chi connectivity index (χ3n) is 3.48. The molecule has 3 nitrogen and oxygen atoms in total. The molecular formula is C20H15ClN2OS. The number of rotatable bonds is 5. The lowest BCUT2D eigenvalue weighted by Crippen LogP contribution is -1.90. The van der Waals surface area contributed by atoms with E-state index in [1.807, 2.05) is 54.8 Å². The van der Waals surface area contributed by atoms with E-state index in [4.69, 9.17) is 16.3 Å². The number of nitrogens with zero attached hydrogens (tertiary/aromatic N) is 2. The Hall–Kier alpha value is -2.61. The topological polar surface area (TPSA) is 45.9 Å². The maximum absolute atomic E-state index is 9.48. The van der Waals surface area contributed by atoms with E-state index in [0.29, 0.717) is 22.2 Å². The molecule has 5 heteroatoms. The molecule has 1 heterocycles. The highest BCUT2D eigenvalue weighted by Crippen LogP contribution is 2.28. The minimum Gasteiger partial charge on any atom is -0.494 e. The zero-order chi connectivity index (χ0) is 17.6. The third-order valence-corrected chi connectivity index (χ3v) is 4.59. The van der Waals surface area contributed by atoms with E-state index in [1.165, 1.54) is 11.3 Å². The van der Waals surface area contributed by atoms with Crippen LogP contribution in [0.1, 0.15) is 17.5 Å². The lowest BCUT2D eigenvalue weighted by atomic mass is 10.1. The van der Waals surface area contributed by atoms with Gasteiger partial charge in [0, 0.05) is 16.0 Å². The SMILES string of the molecule is CCOc1ccc(-c2csc(/C(C#N)=C/c3cccc(Cl)c3)n2)cc1. The number of aromatic nitrogens is 1. The van der Waals surface area contributed by atoms with Crippen LogP contribution in [0.25, 0.3) is 22.9 Å². The fourth-order valence-corrected chi connectivity index (χ4v) is 3.32. The Morgan fingerprint density at radius 1 is 1.28 bits per heavy atom. The second-order valence-electron chi connectivity index (χ2n) is 5.22. The molecule has 3 aromatic rings. The van der Waals surface area contributed by atoms with Crippen LogP contribution in [0.2, 0.25) is 5.02 Å². The van der Waals surface area contributed by atoms with Crippen molar-refractivity contribution in [2.24, 2.45) is 0 Å². The number of benzene rings is 2. The van der Waals surface area contributed by atoms with Gasteiger partial charge in [-0.25, -0.2) is 4.98 Å². The van der Waals surface area contributed by atoms with Gasteiger partial charge in [0.05, 0.1) is 17.9 Å². The second-order valence-corrected chi connectivity index (χ2v) is 6.51. The van der Waals surface area contributed by atoms with Gasteiger partial charge in [0.1, 0.15) is 16.8 Å². The van der Waals surface area contributed by atoms with E-state index in [-0.39, 0.29) is 0 Å². The second kappa shape index (κ2) is 7.98. The monoisotopic (exact) mass is 366 g/mol. The van der Waals surface area contributed by atoms with Crippen LogP contribution in [0.3, 0.4) is 0 Å². The predicted molar refractivity (Wildman–Crippen MR) is 104 cm³/mol. The van der Waals surface area contributed by atoms with Gasteiger partial charge in [0.25, 0.3) is 0 Å². The van der Waals surface area contributed by atoms with E-state index >= 15 is 0 Å². The Balaban J connectivity index is 1.87. The molecule has 0 unspecified atom stereocenters. The van der Waals surface area contributed by atoms with Gasteiger partial charge in [-0.15, -0.1) is 11.3 Å². The standard InChI is InChI=1S/C20H15ClN2OS/c1-2-24-18-8-6-15(7-9-18)19-13-25-20(23-19)16(12-22)10-14-4-3-5-17(21)11-14/h3-11,13H,2H2,1H3/b16-10+. The smallest absolute Gasteiger partial charge is 0.134 e. The van der Waals surface area contributed by atoms with Gasteiger partial charge in [-0.1, -0.05) is 23.7 Å². The third kappa shape index (κ3) is 4.27. The summed E-state index contributed by atoms with van der Waals surface area (Å²) >= 11 is 7.45. The molecule has 0 aliphatic carbocycles. The van der Waals surface area contributed by atoms with E-state index in [9.17, 15) is 5.26 Å². The Morgan fingerprint density at radius 3 is 2.76 bits per heavy atom. The summed E-state index contributed by atoms with van der Waals surface area (Å²) in [5, 5.41) is 12.8. The predicted octanol–water partition coefficient (Wildman–Crippen LogP) is 5.93. The van der Waals surface area contributed by atoms with Crippen molar-refractivity contribution in [3.63, 3.8) is 0 Å². The highest BCUT2D eigenvalue weighted by atomic mass is 35.5. The van der Waals surface area contributed by atoms with E-state index in [1.54, 1.807) is 12.1 Å². The molecule has 0 amide bonds. The minimum absolute atomic E-state index is 0.518. The fourth-order valence-electron chi connectivity index (χ4n) is 2.32. The Bertz CT molecular complexity index is 939. The van der Waals surface area contributed by atoms with Crippen LogP contribution in [0, 0.1) is 11.3 Å². The van der Waals surface area contributed by atoms with E-state index in [0.717, 1.165) is 22.6 Å². The molecule has 0 N–H and O–H groups in total. The quantitative estimate of drug-likeness (QED) is 0.526. The van der Waals surface area contributed by atoms with Crippen LogP contribution in [-0.2, 0) is 0 Å². The molecule has 3 rings (SSSR count). The van der Waals surface area contributed by atoms with Crippen molar-refractivity contribution in [3.8, 4) is 23.1 Å². The average molecular weight is 367 g/mol. The first-order valence-electron chi connectivity index (χ1n) is 7.76. The average Bonchev–Trinajstić information content (AvgIpc) is 3.10. The first-order chi connectivity index (χ1) is 12.2. The maximum Gasteiger partial charge on any atom is 0.134 e. The van der Waals surface area contributed by atoms with E-state index < -0.39 is 0 Å². The fraction of sp³-hybridized carbons (Fsp3) is 0.100. The van der Waals surface area contributed by atoms with Gasteiger partial charge in [0.15, 0.2) is 0 Å². The van der Waals surface area contributed by atoms with E-state index in [2.05, 4.69) is 11.1 Å². The van der Waals surface area contributed by atoms with Crippen LogP contribution in [-0.4, -0.2) is 11.6 Å². The van der Waals surface area contributed by atoms with Crippen LogP contribution >= 0.6 is 22.9 Å². The van der Waals surface area contributed by atoms with Crippen molar-refractivity contribution in [1.29, 1.82) is 5.26 Å². The zero-order valence-electron chi connectivity index (χ0n) is 13.6. The summed E-state index contributed by atoms with van der Waals surface area (Å²) in [6, 6.07) is 17.4. The number of hydrogen-bond donors (Lipinski definition) is 0. The van der Waals surface area contributed by atoms with Crippen molar-refractivity contribution < 1.29 is 4.74 Å². The van der Waals surface area contributed by atoms with Crippen LogP contribution in [0.15, 0.2) is 53.9 Å². The molecule has 0 aliphatic heterocycles. The molecule has 0 saturated carbocycles. The summed E-state index contributed by atoms with van der Waals surface area (Å²) in [4.78, 5) is 4.60. The highest BCUT2D eigenvalue weighted by Gasteiger charge is 2.09. The van der Waals surface area contributed by atoms with Gasteiger partial charge < -0.3 is 4.74 Å². The number of hydrogen-bond acceptors (Lipinski definition) is 4. The number of nitriles is 1. The molecule has 0 fully saturated rings. The maximum atomic E-state index is 9.48. The molecule has 1 aromatic heterocycles. The van der Waals surface area contributed by atoms with Gasteiger partial charge in [-0.3, -0.25) is 0 Å². The molecule has 0 radical (unpaired) electrons. The molecule has 0 atom stereocenters.